The molecule has 5 nitrogen and oxygen atoms in total. The highest BCUT2D eigenvalue weighted by Crippen LogP contribution is 2.32. The second-order valence-electron chi connectivity index (χ2n) is 5.92. The third-order valence-electron chi connectivity index (χ3n) is 4.29. The van der Waals surface area contributed by atoms with Crippen molar-refractivity contribution in [1.29, 1.82) is 0 Å². The molecule has 1 N–H and O–H groups in total. The topological polar surface area (TPSA) is 58.5 Å². The van der Waals surface area contributed by atoms with E-state index in [-0.39, 0.29) is 12.1 Å². The molecule has 4 rings (SSSR count). The highest BCUT2D eigenvalue weighted by atomic mass is 16.5. The van der Waals surface area contributed by atoms with Crippen molar-refractivity contribution in [3.63, 3.8) is 0 Å². The number of aromatic nitrogens is 1. The zero-order valence-corrected chi connectivity index (χ0v) is 12.9. The molecule has 23 heavy (non-hydrogen) atoms. The summed E-state index contributed by atoms with van der Waals surface area (Å²) in [6.45, 7) is 3.52. The molecule has 0 saturated carbocycles. The van der Waals surface area contributed by atoms with Gasteiger partial charge in [-0.1, -0.05) is 30.3 Å². The first-order chi connectivity index (χ1) is 11.2. The van der Waals surface area contributed by atoms with Crippen molar-refractivity contribution in [2.45, 2.75) is 19.1 Å². The van der Waals surface area contributed by atoms with Crippen LogP contribution in [0.15, 0.2) is 57.7 Å². The molecule has 1 aliphatic rings. The van der Waals surface area contributed by atoms with E-state index in [0.29, 0.717) is 12.2 Å². The van der Waals surface area contributed by atoms with Crippen molar-refractivity contribution < 1.29 is 9.15 Å². The lowest BCUT2D eigenvalue weighted by Gasteiger charge is -2.40. The van der Waals surface area contributed by atoms with E-state index in [1.807, 2.05) is 36.4 Å². The first-order valence-electron chi connectivity index (χ1n) is 7.77. The van der Waals surface area contributed by atoms with E-state index in [2.05, 4.69) is 28.9 Å². The van der Waals surface area contributed by atoms with E-state index in [1.165, 1.54) is 5.56 Å². The van der Waals surface area contributed by atoms with Crippen LogP contribution in [0.25, 0.3) is 11.1 Å². The average Bonchev–Trinajstić information content (AvgIpc) is 2.94. The van der Waals surface area contributed by atoms with Crippen molar-refractivity contribution in [1.82, 2.24) is 4.98 Å². The molecule has 1 aromatic heterocycles. The maximum atomic E-state index is 11.4. The Kier molecular flexibility index (Phi) is 3.42. The number of nitrogens with zero attached hydrogens (tertiary/aromatic N) is 1. The van der Waals surface area contributed by atoms with E-state index in [0.717, 1.165) is 17.7 Å². The number of hydrogen-bond donors (Lipinski definition) is 1. The largest absolute Gasteiger partial charge is 0.417 e. The number of aromatic amines is 1. The summed E-state index contributed by atoms with van der Waals surface area (Å²) in [5, 5.41) is 0. The van der Waals surface area contributed by atoms with E-state index >= 15 is 0 Å². The van der Waals surface area contributed by atoms with Gasteiger partial charge in [0.25, 0.3) is 0 Å². The molecular formula is C18H18N2O3. The molecule has 2 heterocycles. The molecule has 0 bridgehead atoms. The molecule has 2 aromatic carbocycles. The van der Waals surface area contributed by atoms with Gasteiger partial charge in [-0.2, -0.15) is 0 Å². The van der Waals surface area contributed by atoms with Gasteiger partial charge in [-0.05, 0) is 30.7 Å². The monoisotopic (exact) mass is 310 g/mol. The number of anilines is 1. The van der Waals surface area contributed by atoms with Gasteiger partial charge in [0.05, 0.1) is 24.3 Å². The van der Waals surface area contributed by atoms with Crippen LogP contribution in [0.1, 0.15) is 18.5 Å². The number of nitrogens with one attached hydrogen (secondary N) is 1. The van der Waals surface area contributed by atoms with Crippen molar-refractivity contribution in [3.05, 3.63) is 64.6 Å². The quantitative estimate of drug-likeness (QED) is 0.790. The van der Waals surface area contributed by atoms with Gasteiger partial charge in [0, 0.05) is 12.2 Å². The summed E-state index contributed by atoms with van der Waals surface area (Å²) >= 11 is 0. The minimum absolute atomic E-state index is 0.156. The highest BCUT2D eigenvalue weighted by Gasteiger charge is 2.28. The van der Waals surface area contributed by atoms with Gasteiger partial charge in [-0.15, -0.1) is 0 Å². The summed E-state index contributed by atoms with van der Waals surface area (Å²) in [4.78, 5) is 16.4. The van der Waals surface area contributed by atoms with Gasteiger partial charge in [-0.25, -0.2) is 4.79 Å². The number of oxazole rings is 1. The van der Waals surface area contributed by atoms with Crippen LogP contribution < -0.4 is 10.7 Å². The molecule has 0 aliphatic carbocycles. The minimum Gasteiger partial charge on any atom is -0.408 e. The Labute approximate surface area is 133 Å². The molecule has 3 aromatic rings. The molecule has 1 fully saturated rings. The number of fused-ring (bicyclic) bond motifs is 1. The van der Waals surface area contributed by atoms with Gasteiger partial charge in [0.2, 0.25) is 0 Å². The minimum atomic E-state index is -0.424. The maximum Gasteiger partial charge on any atom is 0.417 e. The Morgan fingerprint density at radius 1 is 1.17 bits per heavy atom. The van der Waals surface area contributed by atoms with Crippen LogP contribution in [-0.4, -0.2) is 24.2 Å². The van der Waals surface area contributed by atoms with Crippen molar-refractivity contribution in [3.8, 4) is 0 Å². The lowest BCUT2D eigenvalue weighted by molar-refractivity contribution is 0.0303. The molecule has 0 spiro atoms. The first kappa shape index (κ1) is 14.1. The third-order valence-corrected chi connectivity index (χ3v) is 4.29. The smallest absolute Gasteiger partial charge is 0.408 e. The molecule has 1 saturated heterocycles. The fourth-order valence-corrected chi connectivity index (χ4v) is 3.16. The predicted octanol–water partition coefficient (Wildman–Crippen LogP) is 3.09. The maximum absolute atomic E-state index is 11.4. The van der Waals surface area contributed by atoms with Crippen LogP contribution in [-0.2, 0) is 4.74 Å². The Balaban J connectivity index is 1.76. The molecule has 2 atom stereocenters. The Morgan fingerprint density at radius 2 is 2.00 bits per heavy atom. The van der Waals surface area contributed by atoms with Gasteiger partial charge in [0.1, 0.15) is 0 Å². The number of benzene rings is 2. The summed E-state index contributed by atoms with van der Waals surface area (Å²) < 4.78 is 11.0. The fraction of sp³-hybridized carbons (Fsp3) is 0.278. The third kappa shape index (κ3) is 2.64. The van der Waals surface area contributed by atoms with Crippen molar-refractivity contribution in [2.24, 2.45) is 0 Å². The Hall–Kier alpha value is -2.53. The van der Waals surface area contributed by atoms with Crippen LogP contribution in [0.2, 0.25) is 0 Å². The van der Waals surface area contributed by atoms with Crippen LogP contribution in [0.5, 0.6) is 0 Å². The average molecular weight is 310 g/mol. The Morgan fingerprint density at radius 3 is 2.83 bits per heavy atom. The second kappa shape index (κ2) is 5.59. The molecule has 2 unspecified atom stereocenters. The van der Waals surface area contributed by atoms with Crippen LogP contribution in [0.4, 0.5) is 5.69 Å². The molecule has 5 heteroatoms. The predicted molar refractivity (Wildman–Crippen MR) is 88.8 cm³/mol. The molecule has 118 valence electrons. The fourth-order valence-electron chi connectivity index (χ4n) is 3.16. The summed E-state index contributed by atoms with van der Waals surface area (Å²) in [6.07, 6.45) is 0.161. The van der Waals surface area contributed by atoms with Gasteiger partial charge >= 0.3 is 5.76 Å². The SMILES string of the molecule is CC1CN(c2ccc3oc(=O)[nH]c3c2)C(c2ccccc2)CO1. The van der Waals surface area contributed by atoms with Crippen molar-refractivity contribution >= 4 is 16.8 Å². The zero-order valence-electron chi connectivity index (χ0n) is 12.9. The highest BCUT2D eigenvalue weighted by molar-refractivity contribution is 5.77. The Bertz CT molecular complexity index is 869. The lowest BCUT2D eigenvalue weighted by atomic mass is 10.0. The van der Waals surface area contributed by atoms with Crippen LogP contribution >= 0.6 is 0 Å². The first-order valence-corrected chi connectivity index (χ1v) is 7.77. The van der Waals surface area contributed by atoms with E-state index in [4.69, 9.17) is 9.15 Å². The zero-order chi connectivity index (χ0) is 15.8. The number of ether oxygens (including phenoxy) is 1. The molecule has 1 aliphatic heterocycles. The van der Waals surface area contributed by atoms with E-state index < -0.39 is 5.76 Å². The number of rotatable bonds is 2. The second-order valence-corrected chi connectivity index (χ2v) is 5.92. The van der Waals surface area contributed by atoms with Gasteiger partial charge in [-0.3, -0.25) is 4.98 Å². The lowest BCUT2D eigenvalue weighted by Crippen LogP contribution is -2.43. The molecule has 0 radical (unpaired) electrons. The summed E-state index contributed by atoms with van der Waals surface area (Å²) in [7, 11) is 0. The number of H-pyrrole nitrogens is 1. The number of morpholine rings is 1. The van der Waals surface area contributed by atoms with Crippen LogP contribution in [0, 0.1) is 0 Å². The standard InChI is InChI=1S/C18H18N2O3/c1-12-10-20(16(11-22-12)13-5-3-2-4-6-13)14-7-8-17-15(9-14)19-18(21)23-17/h2-9,12,16H,10-11H2,1H3,(H,19,21). The van der Waals surface area contributed by atoms with Crippen LogP contribution in [0.3, 0.4) is 0 Å². The summed E-state index contributed by atoms with van der Waals surface area (Å²) in [6, 6.07) is 16.3. The van der Waals surface area contributed by atoms with Gasteiger partial charge in [0.15, 0.2) is 5.58 Å². The van der Waals surface area contributed by atoms with Crippen molar-refractivity contribution in [2.75, 3.05) is 18.1 Å². The van der Waals surface area contributed by atoms with E-state index in [1.54, 1.807) is 0 Å². The normalized spacial score (nSPS) is 21.7. The van der Waals surface area contributed by atoms with Gasteiger partial charge < -0.3 is 14.1 Å². The summed E-state index contributed by atoms with van der Waals surface area (Å²) in [5.41, 5.74) is 3.58. The summed E-state index contributed by atoms with van der Waals surface area (Å²) in [5.74, 6) is -0.424. The number of hydrogen-bond acceptors (Lipinski definition) is 4. The molecule has 0 amide bonds. The van der Waals surface area contributed by atoms with E-state index in [9.17, 15) is 4.79 Å². The molecular weight excluding hydrogens is 292 g/mol.